The molecule has 0 aliphatic carbocycles. The summed E-state index contributed by atoms with van der Waals surface area (Å²) in [5.74, 6) is -0.0281. The van der Waals surface area contributed by atoms with E-state index in [2.05, 4.69) is 20.2 Å². The normalized spacial score (nSPS) is 10.0. The van der Waals surface area contributed by atoms with E-state index in [0.29, 0.717) is 21.5 Å². The number of anilines is 1. The number of carbonyl (C=O) groups excluding carboxylic acids is 1. The molecule has 6 nitrogen and oxygen atoms in total. The SMILES string of the molecule is COc1cc(NC(=S)NC(=O)c2csnn2)c(Cl)cc1Cl. The molecule has 0 aliphatic rings. The van der Waals surface area contributed by atoms with Crippen molar-refractivity contribution in [2.75, 3.05) is 12.4 Å². The lowest BCUT2D eigenvalue weighted by Crippen LogP contribution is -2.34. The van der Waals surface area contributed by atoms with Crippen LogP contribution in [0.25, 0.3) is 0 Å². The van der Waals surface area contributed by atoms with Crippen molar-refractivity contribution < 1.29 is 9.53 Å². The van der Waals surface area contributed by atoms with Crippen LogP contribution in [0.3, 0.4) is 0 Å². The first-order chi connectivity index (χ1) is 10.0. The number of hydrogen-bond acceptors (Lipinski definition) is 6. The molecule has 0 saturated heterocycles. The van der Waals surface area contributed by atoms with Gasteiger partial charge < -0.3 is 10.1 Å². The molecular formula is C11H8Cl2N4O2S2. The van der Waals surface area contributed by atoms with E-state index in [1.165, 1.54) is 18.6 Å². The molecule has 1 aromatic heterocycles. The van der Waals surface area contributed by atoms with Gasteiger partial charge in [-0.2, -0.15) is 0 Å². The maximum atomic E-state index is 11.8. The van der Waals surface area contributed by atoms with Crippen molar-refractivity contribution in [3.05, 3.63) is 33.3 Å². The molecule has 0 bridgehead atoms. The minimum Gasteiger partial charge on any atom is -0.495 e. The van der Waals surface area contributed by atoms with Crippen molar-refractivity contribution in [3.8, 4) is 5.75 Å². The number of thiocarbonyl (C=S) groups is 1. The molecular weight excluding hydrogens is 355 g/mol. The summed E-state index contributed by atoms with van der Waals surface area (Å²) >= 11 is 18.1. The Morgan fingerprint density at radius 3 is 2.76 bits per heavy atom. The van der Waals surface area contributed by atoms with Crippen LogP contribution in [0.4, 0.5) is 5.69 Å². The lowest BCUT2D eigenvalue weighted by molar-refractivity contribution is 0.0973. The van der Waals surface area contributed by atoms with E-state index in [-0.39, 0.29) is 10.8 Å². The largest absolute Gasteiger partial charge is 0.495 e. The van der Waals surface area contributed by atoms with Gasteiger partial charge in [0.05, 0.1) is 22.8 Å². The average Bonchev–Trinajstić information content (AvgIpc) is 2.96. The highest BCUT2D eigenvalue weighted by atomic mass is 35.5. The van der Waals surface area contributed by atoms with Crippen LogP contribution in [0.5, 0.6) is 5.75 Å². The van der Waals surface area contributed by atoms with Gasteiger partial charge in [-0.1, -0.05) is 27.7 Å². The number of ether oxygens (including phenoxy) is 1. The van der Waals surface area contributed by atoms with Gasteiger partial charge in [0.2, 0.25) is 0 Å². The lowest BCUT2D eigenvalue weighted by atomic mass is 10.3. The zero-order valence-corrected chi connectivity index (χ0v) is 13.7. The maximum Gasteiger partial charge on any atom is 0.278 e. The highest BCUT2D eigenvalue weighted by Crippen LogP contribution is 2.33. The highest BCUT2D eigenvalue weighted by Gasteiger charge is 2.13. The Morgan fingerprint density at radius 1 is 1.38 bits per heavy atom. The van der Waals surface area contributed by atoms with Gasteiger partial charge in [-0.05, 0) is 29.8 Å². The van der Waals surface area contributed by atoms with Crippen LogP contribution in [0.1, 0.15) is 10.5 Å². The predicted octanol–water partition coefficient (Wildman–Crippen LogP) is 2.98. The molecule has 0 unspecified atom stereocenters. The molecule has 1 amide bonds. The molecule has 0 atom stereocenters. The van der Waals surface area contributed by atoms with Crippen LogP contribution in [0, 0.1) is 0 Å². The Morgan fingerprint density at radius 2 is 2.14 bits per heavy atom. The second-order valence-electron chi connectivity index (χ2n) is 3.66. The van der Waals surface area contributed by atoms with Crippen molar-refractivity contribution in [1.82, 2.24) is 14.9 Å². The summed E-state index contributed by atoms with van der Waals surface area (Å²) < 4.78 is 8.68. The minimum atomic E-state index is -0.460. The number of methoxy groups -OCH3 is 1. The van der Waals surface area contributed by atoms with Crippen LogP contribution >= 0.6 is 47.0 Å². The summed E-state index contributed by atoms with van der Waals surface area (Å²) in [5, 5.41) is 11.2. The lowest BCUT2D eigenvalue weighted by Gasteiger charge is -2.12. The quantitative estimate of drug-likeness (QED) is 0.817. The van der Waals surface area contributed by atoms with E-state index < -0.39 is 5.91 Å². The first-order valence-corrected chi connectivity index (χ1v) is 7.43. The topological polar surface area (TPSA) is 76.1 Å². The van der Waals surface area contributed by atoms with Crippen LogP contribution in [-0.4, -0.2) is 27.7 Å². The monoisotopic (exact) mass is 362 g/mol. The molecule has 0 fully saturated rings. The zero-order valence-electron chi connectivity index (χ0n) is 10.5. The van der Waals surface area contributed by atoms with E-state index in [4.69, 9.17) is 40.2 Å². The van der Waals surface area contributed by atoms with E-state index >= 15 is 0 Å². The van der Waals surface area contributed by atoms with Gasteiger partial charge in [-0.15, -0.1) is 5.10 Å². The van der Waals surface area contributed by atoms with E-state index in [1.54, 1.807) is 6.07 Å². The molecule has 1 heterocycles. The van der Waals surface area contributed by atoms with Gasteiger partial charge >= 0.3 is 0 Å². The molecule has 110 valence electrons. The van der Waals surface area contributed by atoms with Crippen LogP contribution in [0.2, 0.25) is 10.0 Å². The Labute approximate surface area is 139 Å². The number of carbonyl (C=O) groups is 1. The molecule has 1 aromatic carbocycles. The van der Waals surface area contributed by atoms with E-state index in [1.807, 2.05) is 0 Å². The summed E-state index contributed by atoms with van der Waals surface area (Å²) in [6.45, 7) is 0. The summed E-state index contributed by atoms with van der Waals surface area (Å²) in [4.78, 5) is 11.8. The summed E-state index contributed by atoms with van der Waals surface area (Å²) in [6.07, 6.45) is 0. The van der Waals surface area contributed by atoms with Crippen LogP contribution in [0.15, 0.2) is 17.5 Å². The molecule has 0 radical (unpaired) electrons. The fourth-order valence-electron chi connectivity index (χ4n) is 1.37. The Balaban J connectivity index is 2.08. The number of halogens is 2. The smallest absolute Gasteiger partial charge is 0.278 e. The van der Waals surface area contributed by atoms with Gasteiger partial charge in [0.1, 0.15) is 5.75 Å². The van der Waals surface area contributed by atoms with Crippen molar-refractivity contribution in [2.45, 2.75) is 0 Å². The van der Waals surface area contributed by atoms with Gasteiger partial charge in [0.15, 0.2) is 10.8 Å². The Hall–Kier alpha value is -1.48. The molecule has 10 heteroatoms. The number of amides is 1. The molecule has 0 saturated carbocycles. The standard InChI is InChI=1S/C11H8Cl2N4O2S2/c1-19-9-3-7(5(12)2-6(9)13)14-11(20)15-10(18)8-4-21-17-16-8/h2-4H,1H3,(H2,14,15,18,20). The Kier molecular flexibility index (Phi) is 5.29. The van der Waals surface area contributed by atoms with E-state index in [0.717, 1.165) is 11.5 Å². The number of hydrogen-bond donors (Lipinski definition) is 2. The number of aromatic nitrogens is 2. The van der Waals surface area contributed by atoms with Gasteiger partial charge in [0, 0.05) is 11.4 Å². The molecule has 2 N–H and O–H groups in total. The third-order valence-electron chi connectivity index (χ3n) is 2.31. The third-order valence-corrected chi connectivity index (χ3v) is 3.63. The predicted molar refractivity (Wildman–Crippen MR) is 86.6 cm³/mol. The summed E-state index contributed by atoms with van der Waals surface area (Å²) in [7, 11) is 1.48. The Bertz CT molecular complexity index is 679. The third kappa shape index (κ3) is 4.01. The van der Waals surface area contributed by atoms with Crippen molar-refractivity contribution in [2.24, 2.45) is 0 Å². The van der Waals surface area contributed by atoms with Gasteiger partial charge in [0.25, 0.3) is 5.91 Å². The second-order valence-corrected chi connectivity index (χ2v) is 5.50. The van der Waals surface area contributed by atoms with Crippen molar-refractivity contribution >= 4 is 63.7 Å². The minimum absolute atomic E-state index is 0.0688. The maximum absolute atomic E-state index is 11.8. The second kappa shape index (κ2) is 6.99. The molecule has 2 rings (SSSR count). The molecule has 0 spiro atoms. The summed E-state index contributed by atoms with van der Waals surface area (Å²) in [5.41, 5.74) is 0.642. The van der Waals surface area contributed by atoms with Crippen molar-refractivity contribution in [1.29, 1.82) is 0 Å². The number of nitrogens with zero attached hydrogens (tertiary/aromatic N) is 2. The fraction of sp³-hybridized carbons (Fsp3) is 0.0909. The average molecular weight is 363 g/mol. The zero-order chi connectivity index (χ0) is 15.4. The first-order valence-electron chi connectivity index (χ1n) is 5.43. The fourth-order valence-corrected chi connectivity index (χ4v) is 2.51. The molecule has 21 heavy (non-hydrogen) atoms. The van der Waals surface area contributed by atoms with Crippen LogP contribution < -0.4 is 15.4 Å². The van der Waals surface area contributed by atoms with Gasteiger partial charge in [-0.25, -0.2) is 0 Å². The van der Waals surface area contributed by atoms with Gasteiger partial charge in [-0.3, -0.25) is 10.1 Å². The number of rotatable bonds is 3. The first kappa shape index (κ1) is 15.9. The summed E-state index contributed by atoms with van der Waals surface area (Å²) in [6, 6.07) is 3.09. The van der Waals surface area contributed by atoms with Crippen LogP contribution in [-0.2, 0) is 0 Å². The number of benzene rings is 1. The van der Waals surface area contributed by atoms with E-state index in [9.17, 15) is 4.79 Å². The highest BCUT2D eigenvalue weighted by molar-refractivity contribution is 7.80. The van der Waals surface area contributed by atoms with Crippen molar-refractivity contribution in [3.63, 3.8) is 0 Å². The molecule has 2 aromatic rings. The number of nitrogens with one attached hydrogen (secondary N) is 2. The molecule has 0 aliphatic heterocycles.